The van der Waals surface area contributed by atoms with E-state index in [1.54, 1.807) is 0 Å². The zero-order valence-electron chi connectivity index (χ0n) is 18.1. The summed E-state index contributed by atoms with van der Waals surface area (Å²) in [5, 5.41) is 14.1. The molecule has 0 bridgehead atoms. The Morgan fingerprint density at radius 3 is 2.84 bits per heavy atom. The first kappa shape index (κ1) is 20.5. The van der Waals surface area contributed by atoms with Crippen molar-refractivity contribution in [3.05, 3.63) is 17.8 Å². The fourth-order valence-electron chi connectivity index (χ4n) is 4.10. The second-order valence-electron chi connectivity index (χ2n) is 8.80. The molecule has 5 rings (SSSR count). The van der Waals surface area contributed by atoms with Gasteiger partial charge in [-0.05, 0) is 52.1 Å². The summed E-state index contributed by atoms with van der Waals surface area (Å²) in [4.78, 5) is 17.2. The second kappa shape index (κ2) is 9.37. The molecule has 2 unspecified atom stereocenters. The Hall–Kier alpha value is -2.43. The van der Waals surface area contributed by atoms with Crippen LogP contribution in [0.4, 0.5) is 17.6 Å². The van der Waals surface area contributed by atoms with Crippen molar-refractivity contribution in [2.45, 2.75) is 57.1 Å². The maximum atomic E-state index is 5.98. The van der Waals surface area contributed by atoms with E-state index in [0.717, 1.165) is 31.9 Å². The van der Waals surface area contributed by atoms with Crippen molar-refractivity contribution in [2.75, 3.05) is 43.4 Å². The highest BCUT2D eigenvalue weighted by Gasteiger charge is 2.26. The summed E-state index contributed by atoms with van der Waals surface area (Å²) < 4.78 is 5.98. The number of ether oxygens (including phenoxy) is 1. The van der Waals surface area contributed by atoms with Gasteiger partial charge in [0.25, 0.3) is 0 Å². The lowest BCUT2D eigenvalue weighted by Gasteiger charge is -2.16. The monoisotopic (exact) mass is 428 g/mol. The standard InChI is InChI=1S/C21H32N8O2/c1-14-10-16(31-28-14)13-22-21-24-18(23-19-11-17(26-27-19)15-4-5-15)12-20(25-21)30-9-8-29-6-2-3-7-29/h11-12,14-16,28H,2-10,13H2,1H3,(H3,22,23,24,25,26,27). The predicted molar refractivity (Wildman–Crippen MR) is 118 cm³/mol. The molecule has 168 valence electrons. The van der Waals surface area contributed by atoms with E-state index in [-0.39, 0.29) is 6.10 Å². The number of H-pyrrole nitrogens is 1. The van der Waals surface area contributed by atoms with Gasteiger partial charge in [0.15, 0.2) is 5.82 Å². The highest BCUT2D eigenvalue weighted by Crippen LogP contribution is 2.39. The minimum Gasteiger partial charge on any atom is -0.476 e. The van der Waals surface area contributed by atoms with Gasteiger partial charge in [0, 0.05) is 42.9 Å². The molecule has 1 aliphatic carbocycles. The number of aromatic amines is 1. The maximum Gasteiger partial charge on any atom is 0.228 e. The van der Waals surface area contributed by atoms with Crippen LogP contribution in [0.15, 0.2) is 12.1 Å². The molecule has 1 saturated carbocycles. The van der Waals surface area contributed by atoms with Gasteiger partial charge in [-0.15, -0.1) is 0 Å². The molecule has 0 radical (unpaired) electrons. The molecule has 0 amide bonds. The van der Waals surface area contributed by atoms with E-state index >= 15 is 0 Å². The number of nitrogens with zero attached hydrogens (tertiary/aromatic N) is 4. The van der Waals surface area contributed by atoms with Crippen LogP contribution in [0.3, 0.4) is 0 Å². The van der Waals surface area contributed by atoms with Crippen LogP contribution in [0.5, 0.6) is 5.88 Å². The van der Waals surface area contributed by atoms with Gasteiger partial charge in [0.2, 0.25) is 11.8 Å². The highest BCUT2D eigenvalue weighted by molar-refractivity contribution is 5.55. The summed E-state index contributed by atoms with van der Waals surface area (Å²) in [6.45, 7) is 6.57. The Morgan fingerprint density at radius 2 is 2.06 bits per heavy atom. The predicted octanol–water partition coefficient (Wildman–Crippen LogP) is 2.39. The average molecular weight is 429 g/mol. The number of likely N-dealkylation sites (tertiary alicyclic amines) is 1. The van der Waals surface area contributed by atoms with Crippen LogP contribution in [0.25, 0.3) is 0 Å². The van der Waals surface area contributed by atoms with Crippen LogP contribution in [0.1, 0.15) is 50.6 Å². The lowest BCUT2D eigenvalue weighted by molar-refractivity contribution is 0.0349. The van der Waals surface area contributed by atoms with Crippen molar-refractivity contribution in [3.8, 4) is 5.88 Å². The molecule has 10 heteroatoms. The van der Waals surface area contributed by atoms with Gasteiger partial charge in [0.05, 0.1) is 6.10 Å². The molecule has 31 heavy (non-hydrogen) atoms. The summed E-state index contributed by atoms with van der Waals surface area (Å²) in [5.74, 6) is 3.10. The van der Waals surface area contributed by atoms with Gasteiger partial charge in [-0.25, -0.2) is 0 Å². The Kier molecular flexibility index (Phi) is 6.19. The third kappa shape index (κ3) is 5.63. The Bertz CT molecular complexity index is 865. The molecule has 2 atom stereocenters. The maximum absolute atomic E-state index is 5.98. The van der Waals surface area contributed by atoms with Crippen LogP contribution in [0.2, 0.25) is 0 Å². The van der Waals surface area contributed by atoms with Gasteiger partial charge >= 0.3 is 0 Å². The molecule has 2 aromatic rings. The fraction of sp³-hybridized carbons (Fsp3) is 0.667. The number of anilines is 3. The van der Waals surface area contributed by atoms with E-state index in [1.807, 2.05) is 6.07 Å². The SMILES string of the molecule is CC1CC(CNc2nc(Nc3cc(C4CC4)[nH]n3)cc(OCCN3CCCC3)n2)ON1. The lowest BCUT2D eigenvalue weighted by atomic mass is 10.2. The van der Waals surface area contributed by atoms with E-state index in [0.29, 0.717) is 42.8 Å². The van der Waals surface area contributed by atoms with Gasteiger partial charge in [0.1, 0.15) is 12.4 Å². The number of hydrogen-bond donors (Lipinski definition) is 4. The Balaban J connectivity index is 1.24. The van der Waals surface area contributed by atoms with Gasteiger partial charge in [-0.2, -0.15) is 20.5 Å². The lowest BCUT2D eigenvalue weighted by Crippen LogP contribution is -2.25. The molecule has 10 nitrogen and oxygen atoms in total. The van der Waals surface area contributed by atoms with Crippen LogP contribution < -0.4 is 20.9 Å². The van der Waals surface area contributed by atoms with Crippen molar-refractivity contribution in [1.29, 1.82) is 0 Å². The van der Waals surface area contributed by atoms with Crippen molar-refractivity contribution in [1.82, 2.24) is 30.5 Å². The van der Waals surface area contributed by atoms with Crippen molar-refractivity contribution < 1.29 is 9.57 Å². The molecule has 0 spiro atoms. The molecular weight excluding hydrogens is 396 g/mol. The average Bonchev–Trinajstić information content (AvgIpc) is 3.13. The van der Waals surface area contributed by atoms with Crippen LogP contribution >= 0.6 is 0 Å². The van der Waals surface area contributed by atoms with Crippen molar-refractivity contribution in [2.24, 2.45) is 0 Å². The van der Waals surface area contributed by atoms with Crippen LogP contribution in [-0.4, -0.2) is 70.0 Å². The summed E-state index contributed by atoms with van der Waals surface area (Å²) in [7, 11) is 0. The third-order valence-corrected chi connectivity index (χ3v) is 5.97. The molecule has 2 aromatic heterocycles. The minimum absolute atomic E-state index is 0.0854. The molecule has 3 fully saturated rings. The highest BCUT2D eigenvalue weighted by atomic mass is 16.7. The van der Waals surface area contributed by atoms with E-state index in [9.17, 15) is 0 Å². The first-order valence-electron chi connectivity index (χ1n) is 11.4. The normalized spacial score (nSPS) is 23.9. The molecule has 3 aliphatic rings. The van der Waals surface area contributed by atoms with Crippen LogP contribution in [0, 0.1) is 0 Å². The number of hydrogen-bond acceptors (Lipinski definition) is 9. The third-order valence-electron chi connectivity index (χ3n) is 5.97. The quantitative estimate of drug-likeness (QED) is 0.453. The Labute approximate surface area is 182 Å². The van der Waals surface area contributed by atoms with Gasteiger partial charge in [-0.1, -0.05) is 0 Å². The Morgan fingerprint density at radius 1 is 1.19 bits per heavy atom. The van der Waals surface area contributed by atoms with Gasteiger partial charge in [-0.3, -0.25) is 14.8 Å². The van der Waals surface area contributed by atoms with E-state index in [2.05, 4.69) is 54.2 Å². The van der Waals surface area contributed by atoms with E-state index in [1.165, 1.54) is 31.4 Å². The van der Waals surface area contributed by atoms with Gasteiger partial charge < -0.3 is 15.4 Å². The number of hydroxylamine groups is 1. The molecule has 2 saturated heterocycles. The zero-order chi connectivity index (χ0) is 21.0. The molecule has 4 heterocycles. The fourth-order valence-corrected chi connectivity index (χ4v) is 4.10. The molecular formula is C21H32N8O2. The first-order valence-corrected chi connectivity index (χ1v) is 11.4. The molecule has 2 aliphatic heterocycles. The summed E-state index contributed by atoms with van der Waals surface area (Å²) in [6.07, 6.45) is 6.05. The van der Waals surface area contributed by atoms with E-state index in [4.69, 9.17) is 9.57 Å². The first-order chi connectivity index (χ1) is 15.2. The molecule has 0 aromatic carbocycles. The summed E-state index contributed by atoms with van der Waals surface area (Å²) in [5.41, 5.74) is 4.18. The van der Waals surface area contributed by atoms with Crippen LogP contribution in [-0.2, 0) is 4.84 Å². The number of aromatic nitrogens is 4. The molecule has 4 N–H and O–H groups in total. The summed E-state index contributed by atoms with van der Waals surface area (Å²) in [6, 6.07) is 4.24. The minimum atomic E-state index is 0.0854. The topological polar surface area (TPSA) is 112 Å². The number of rotatable bonds is 10. The number of nitrogens with one attached hydrogen (secondary N) is 4. The second-order valence-corrected chi connectivity index (χ2v) is 8.80. The smallest absolute Gasteiger partial charge is 0.228 e. The largest absolute Gasteiger partial charge is 0.476 e. The zero-order valence-corrected chi connectivity index (χ0v) is 18.1. The van der Waals surface area contributed by atoms with E-state index < -0.39 is 0 Å². The van der Waals surface area contributed by atoms with Crippen molar-refractivity contribution in [3.63, 3.8) is 0 Å². The summed E-state index contributed by atoms with van der Waals surface area (Å²) >= 11 is 0. The van der Waals surface area contributed by atoms with Crippen molar-refractivity contribution >= 4 is 17.6 Å².